The quantitative estimate of drug-likeness (QED) is 0.577. The first-order valence-electron chi connectivity index (χ1n) is 8.21. The van der Waals surface area contributed by atoms with Gasteiger partial charge in [0.05, 0.1) is 24.5 Å². The number of carbonyl (C=O) groups is 1. The van der Waals surface area contributed by atoms with Crippen molar-refractivity contribution in [3.8, 4) is 5.75 Å². The van der Waals surface area contributed by atoms with Gasteiger partial charge in [0.15, 0.2) is 0 Å². The fourth-order valence-electron chi connectivity index (χ4n) is 2.81. The molecule has 0 aliphatic carbocycles. The van der Waals surface area contributed by atoms with E-state index in [1.54, 1.807) is 25.4 Å². The zero-order chi connectivity index (χ0) is 17.6. The van der Waals surface area contributed by atoms with Crippen LogP contribution >= 0.6 is 24.8 Å². The highest BCUT2D eigenvalue weighted by Gasteiger charge is 2.25. The molecule has 1 aliphatic heterocycles. The minimum atomic E-state index is -0.430. The number of benzene rings is 1. The minimum Gasteiger partial charge on any atom is -0.495 e. The number of aliphatic hydroxyl groups is 1. The van der Waals surface area contributed by atoms with Crippen LogP contribution in [0.4, 0.5) is 11.5 Å². The molecule has 7 nitrogen and oxygen atoms in total. The van der Waals surface area contributed by atoms with Crippen molar-refractivity contribution in [3.63, 3.8) is 0 Å². The summed E-state index contributed by atoms with van der Waals surface area (Å²) in [6.07, 6.45) is 1.19. The third-order valence-corrected chi connectivity index (χ3v) is 4.24. The van der Waals surface area contributed by atoms with Gasteiger partial charge in [-0.2, -0.15) is 0 Å². The molecule has 0 bridgehead atoms. The normalized spacial score (nSPS) is 18.0. The Morgan fingerprint density at radius 3 is 2.74 bits per heavy atom. The summed E-state index contributed by atoms with van der Waals surface area (Å²) in [5, 5.41) is 19.0. The molecule has 27 heavy (non-hydrogen) atoms. The number of pyridine rings is 1. The number of aliphatic hydroxyl groups excluding tert-OH is 1. The lowest BCUT2D eigenvalue weighted by Crippen LogP contribution is -2.34. The van der Waals surface area contributed by atoms with Gasteiger partial charge >= 0.3 is 0 Å². The van der Waals surface area contributed by atoms with E-state index in [-0.39, 0.29) is 36.6 Å². The number of hydrogen-bond acceptors (Lipinski definition) is 6. The highest BCUT2D eigenvalue weighted by molar-refractivity contribution is 5.99. The summed E-state index contributed by atoms with van der Waals surface area (Å²) in [7, 11) is 1.59. The Balaban J connectivity index is 0.00000182. The first-order valence-corrected chi connectivity index (χ1v) is 8.21. The van der Waals surface area contributed by atoms with Crippen molar-refractivity contribution in [1.29, 1.82) is 0 Å². The van der Waals surface area contributed by atoms with Crippen LogP contribution in [0.3, 0.4) is 0 Å². The topological polar surface area (TPSA) is 95.5 Å². The van der Waals surface area contributed by atoms with Crippen LogP contribution in [0.1, 0.15) is 10.4 Å². The van der Waals surface area contributed by atoms with Crippen LogP contribution in [-0.4, -0.2) is 48.8 Å². The predicted octanol–water partition coefficient (Wildman–Crippen LogP) is 1.99. The van der Waals surface area contributed by atoms with Crippen LogP contribution in [0.5, 0.6) is 5.75 Å². The maximum Gasteiger partial charge on any atom is 0.255 e. The fraction of sp³-hybridized carbons (Fsp3) is 0.333. The maximum absolute atomic E-state index is 12.5. The van der Waals surface area contributed by atoms with E-state index in [1.165, 1.54) is 0 Å². The molecule has 1 aromatic heterocycles. The Labute approximate surface area is 170 Å². The van der Waals surface area contributed by atoms with Gasteiger partial charge in [-0.05, 0) is 24.3 Å². The van der Waals surface area contributed by atoms with E-state index in [4.69, 9.17) is 4.74 Å². The number of nitrogens with one attached hydrogen (secondary N) is 3. The smallest absolute Gasteiger partial charge is 0.255 e. The molecule has 1 amide bonds. The standard InChI is InChI=1S/C18H22N4O3.2ClH/c1-25-16-7-3-2-6-14(16)22-17-13(5-4-8-20-17)18(24)21-10-12-9-19-11-15(12)23;;/h2-8,12,15,19,23H,9-11H2,1H3,(H,20,22)(H,21,24);2*1H. The Morgan fingerprint density at radius 2 is 2.04 bits per heavy atom. The Hall–Kier alpha value is -2.06. The van der Waals surface area contributed by atoms with Gasteiger partial charge in [-0.3, -0.25) is 4.79 Å². The number of rotatable bonds is 6. The van der Waals surface area contributed by atoms with E-state index in [1.807, 2.05) is 24.3 Å². The zero-order valence-corrected chi connectivity index (χ0v) is 16.5. The molecule has 1 aromatic carbocycles. The summed E-state index contributed by atoms with van der Waals surface area (Å²) in [5.74, 6) is 0.908. The summed E-state index contributed by atoms with van der Waals surface area (Å²) in [5.41, 5.74) is 1.17. The first kappa shape index (κ1) is 23.0. The number of methoxy groups -OCH3 is 1. The summed E-state index contributed by atoms with van der Waals surface area (Å²) in [6, 6.07) is 10.9. The lowest BCUT2D eigenvalue weighted by Gasteiger charge is -2.16. The minimum absolute atomic E-state index is 0. The highest BCUT2D eigenvalue weighted by Crippen LogP contribution is 2.27. The van der Waals surface area contributed by atoms with Gasteiger partial charge in [0.25, 0.3) is 5.91 Å². The van der Waals surface area contributed by atoms with Crippen molar-refractivity contribution in [3.05, 3.63) is 48.2 Å². The van der Waals surface area contributed by atoms with Crippen molar-refractivity contribution in [2.75, 3.05) is 32.1 Å². The number of aromatic nitrogens is 1. The molecule has 1 fully saturated rings. The number of ether oxygens (including phenoxy) is 1. The van der Waals surface area contributed by atoms with Gasteiger partial charge in [0, 0.05) is 31.7 Å². The highest BCUT2D eigenvalue weighted by atomic mass is 35.5. The molecule has 2 atom stereocenters. The predicted molar refractivity (Wildman–Crippen MR) is 110 cm³/mol. The van der Waals surface area contributed by atoms with Crippen LogP contribution in [-0.2, 0) is 0 Å². The van der Waals surface area contributed by atoms with Crippen molar-refractivity contribution in [1.82, 2.24) is 15.6 Å². The lowest BCUT2D eigenvalue weighted by molar-refractivity contribution is 0.0927. The van der Waals surface area contributed by atoms with E-state index in [2.05, 4.69) is 20.9 Å². The number of para-hydroxylation sites is 2. The fourth-order valence-corrected chi connectivity index (χ4v) is 2.81. The van der Waals surface area contributed by atoms with Crippen molar-refractivity contribution in [2.24, 2.45) is 5.92 Å². The molecule has 3 rings (SSSR count). The molecule has 148 valence electrons. The Morgan fingerprint density at radius 1 is 1.26 bits per heavy atom. The Bertz CT molecular complexity index is 748. The molecule has 1 saturated heterocycles. The van der Waals surface area contributed by atoms with E-state index >= 15 is 0 Å². The molecule has 2 aromatic rings. The molecule has 1 aliphatic rings. The number of anilines is 2. The summed E-state index contributed by atoms with van der Waals surface area (Å²) < 4.78 is 5.32. The summed E-state index contributed by atoms with van der Waals surface area (Å²) in [4.78, 5) is 16.8. The van der Waals surface area contributed by atoms with Crippen LogP contribution in [0.25, 0.3) is 0 Å². The average Bonchev–Trinajstić information content (AvgIpc) is 3.05. The zero-order valence-electron chi connectivity index (χ0n) is 14.8. The first-order chi connectivity index (χ1) is 12.2. The summed E-state index contributed by atoms with van der Waals surface area (Å²) in [6.45, 7) is 1.67. The van der Waals surface area contributed by atoms with Crippen molar-refractivity contribution >= 4 is 42.2 Å². The second-order valence-electron chi connectivity index (χ2n) is 5.92. The molecule has 0 saturated carbocycles. The number of hydrogen-bond donors (Lipinski definition) is 4. The van der Waals surface area contributed by atoms with Crippen LogP contribution < -0.4 is 20.7 Å². The van der Waals surface area contributed by atoms with Gasteiger partial charge < -0.3 is 25.8 Å². The van der Waals surface area contributed by atoms with E-state index in [0.29, 0.717) is 36.8 Å². The summed E-state index contributed by atoms with van der Waals surface area (Å²) >= 11 is 0. The molecule has 0 radical (unpaired) electrons. The van der Waals surface area contributed by atoms with Crippen LogP contribution in [0.2, 0.25) is 0 Å². The second kappa shape index (κ2) is 10.9. The number of nitrogens with zero attached hydrogens (tertiary/aromatic N) is 1. The van der Waals surface area contributed by atoms with Crippen molar-refractivity contribution < 1.29 is 14.6 Å². The number of amides is 1. The monoisotopic (exact) mass is 414 g/mol. The third kappa shape index (κ3) is 5.71. The molecule has 4 N–H and O–H groups in total. The number of halogens is 2. The van der Waals surface area contributed by atoms with Gasteiger partial charge in [-0.1, -0.05) is 12.1 Å². The van der Waals surface area contributed by atoms with Crippen LogP contribution in [0, 0.1) is 5.92 Å². The second-order valence-corrected chi connectivity index (χ2v) is 5.92. The average molecular weight is 415 g/mol. The number of β-amino-alcohol motifs (C(OH)–C–C–N with tert-alkyl or cyclic N) is 1. The molecule has 0 spiro atoms. The SMILES string of the molecule is COc1ccccc1Nc1ncccc1C(=O)NCC1CNCC1O.Cl.Cl. The maximum atomic E-state index is 12.5. The molecular formula is C18H24Cl2N4O3. The molecule has 9 heteroatoms. The molecular weight excluding hydrogens is 391 g/mol. The largest absolute Gasteiger partial charge is 0.495 e. The van der Waals surface area contributed by atoms with Gasteiger partial charge in [-0.15, -0.1) is 24.8 Å². The van der Waals surface area contributed by atoms with Gasteiger partial charge in [0.2, 0.25) is 0 Å². The number of carbonyl (C=O) groups excluding carboxylic acids is 1. The van der Waals surface area contributed by atoms with Gasteiger partial charge in [-0.25, -0.2) is 4.98 Å². The molecule has 2 heterocycles. The van der Waals surface area contributed by atoms with Gasteiger partial charge in [0.1, 0.15) is 11.6 Å². The van der Waals surface area contributed by atoms with Crippen LogP contribution in [0.15, 0.2) is 42.6 Å². The molecule has 2 unspecified atom stereocenters. The lowest BCUT2D eigenvalue weighted by atomic mass is 10.1. The van der Waals surface area contributed by atoms with E-state index < -0.39 is 6.10 Å². The van der Waals surface area contributed by atoms with E-state index in [9.17, 15) is 9.90 Å². The van der Waals surface area contributed by atoms with E-state index in [0.717, 1.165) is 5.69 Å². The Kier molecular flexibility index (Phi) is 9.31. The van der Waals surface area contributed by atoms with Crippen molar-refractivity contribution in [2.45, 2.75) is 6.10 Å². The third-order valence-electron chi connectivity index (χ3n) is 4.24.